The molecule has 4 heteroatoms. The Kier molecular flexibility index (Phi) is 5.72. The normalized spacial score (nSPS) is 12.1. The largest absolute Gasteiger partial charge is 0.491 e. The van der Waals surface area contributed by atoms with Crippen LogP contribution >= 0.6 is 0 Å². The van der Waals surface area contributed by atoms with Crippen molar-refractivity contribution in [2.75, 3.05) is 6.61 Å². The average Bonchev–Trinajstić information content (AvgIpc) is 2.52. The first-order valence-corrected chi connectivity index (χ1v) is 7.21. The standard InChI is InChI=1S/C18H20N2O2/c1-14-4-3-5-17(12-14)22-13-15(2)20-18(21)7-6-16-8-10-19-11-9-16/h3-12,15H,13H2,1-2H3,(H,20,21)/b7-6+. The van der Waals surface area contributed by atoms with Crippen LogP contribution < -0.4 is 10.1 Å². The Labute approximate surface area is 130 Å². The Balaban J connectivity index is 1.78. The van der Waals surface area contributed by atoms with E-state index in [-0.39, 0.29) is 11.9 Å². The Morgan fingerprint density at radius 3 is 2.82 bits per heavy atom. The van der Waals surface area contributed by atoms with Crippen LogP contribution in [0.2, 0.25) is 0 Å². The van der Waals surface area contributed by atoms with Gasteiger partial charge < -0.3 is 10.1 Å². The number of amides is 1. The number of nitrogens with one attached hydrogen (secondary N) is 1. The number of hydrogen-bond acceptors (Lipinski definition) is 3. The number of aryl methyl sites for hydroxylation is 1. The van der Waals surface area contributed by atoms with Gasteiger partial charge in [-0.25, -0.2) is 0 Å². The van der Waals surface area contributed by atoms with Gasteiger partial charge in [-0.05, 0) is 55.3 Å². The van der Waals surface area contributed by atoms with E-state index in [0.29, 0.717) is 6.61 Å². The molecule has 1 aromatic heterocycles. The highest BCUT2D eigenvalue weighted by Crippen LogP contribution is 2.12. The molecule has 22 heavy (non-hydrogen) atoms. The van der Waals surface area contributed by atoms with Crippen LogP contribution in [0.25, 0.3) is 6.08 Å². The molecule has 4 nitrogen and oxygen atoms in total. The summed E-state index contributed by atoms with van der Waals surface area (Å²) in [4.78, 5) is 15.8. The topological polar surface area (TPSA) is 51.2 Å². The average molecular weight is 296 g/mol. The summed E-state index contributed by atoms with van der Waals surface area (Å²) >= 11 is 0. The van der Waals surface area contributed by atoms with Crippen molar-refractivity contribution in [3.63, 3.8) is 0 Å². The zero-order chi connectivity index (χ0) is 15.8. The first-order chi connectivity index (χ1) is 10.6. The molecule has 0 fully saturated rings. The Hall–Kier alpha value is -2.62. The second-order valence-electron chi connectivity index (χ2n) is 5.15. The lowest BCUT2D eigenvalue weighted by Crippen LogP contribution is -2.35. The smallest absolute Gasteiger partial charge is 0.244 e. The van der Waals surface area contributed by atoms with E-state index in [0.717, 1.165) is 16.9 Å². The zero-order valence-electron chi connectivity index (χ0n) is 12.8. The molecule has 0 radical (unpaired) electrons. The van der Waals surface area contributed by atoms with E-state index in [1.807, 2.05) is 50.2 Å². The summed E-state index contributed by atoms with van der Waals surface area (Å²) in [6.07, 6.45) is 6.65. The van der Waals surface area contributed by atoms with Crippen LogP contribution in [0.15, 0.2) is 54.9 Å². The van der Waals surface area contributed by atoms with Crippen LogP contribution in [0.3, 0.4) is 0 Å². The molecule has 2 rings (SSSR count). The third-order valence-electron chi connectivity index (χ3n) is 3.01. The molecule has 0 aliphatic rings. The van der Waals surface area contributed by atoms with Gasteiger partial charge in [-0.15, -0.1) is 0 Å². The summed E-state index contributed by atoms with van der Waals surface area (Å²) in [5.41, 5.74) is 2.09. The quantitative estimate of drug-likeness (QED) is 0.834. The summed E-state index contributed by atoms with van der Waals surface area (Å²) in [7, 11) is 0. The molecule has 0 spiro atoms. The number of carbonyl (C=O) groups is 1. The molecule has 0 aliphatic heterocycles. The minimum atomic E-state index is -0.142. The molecule has 1 amide bonds. The highest BCUT2D eigenvalue weighted by molar-refractivity contribution is 5.91. The fourth-order valence-corrected chi connectivity index (χ4v) is 1.91. The molecule has 1 unspecified atom stereocenters. The van der Waals surface area contributed by atoms with Gasteiger partial charge in [0.25, 0.3) is 0 Å². The Morgan fingerprint density at radius 1 is 1.32 bits per heavy atom. The number of carbonyl (C=O) groups excluding carboxylic acids is 1. The minimum Gasteiger partial charge on any atom is -0.491 e. The predicted molar refractivity (Wildman–Crippen MR) is 87.5 cm³/mol. The number of rotatable bonds is 6. The zero-order valence-corrected chi connectivity index (χ0v) is 12.8. The van der Waals surface area contributed by atoms with Gasteiger partial charge in [-0.3, -0.25) is 9.78 Å². The molecular formula is C18H20N2O2. The van der Waals surface area contributed by atoms with Crippen molar-refractivity contribution in [2.24, 2.45) is 0 Å². The maximum Gasteiger partial charge on any atom is 0.244 e. The monoisotopic (exact) mass is 296 g/mol. The van der Waals surface area contributed by atoms with Gasteiger partial charge in [0, 0.05) is 18.5 Å². The Morgan fingerprint density at radius 2 is 2.09 bits per heavy atom. The third kappa shape index (κ3) is 5.40. The number of benzene rings is 1. The van der Waals surface area contributed by atoms with Crippen molar-refractivity contribution in [2.45, 2.75) is 19.9 Å². The van der Waals surface area contributed by atoms with Gasteiger partial charge >= 0.3 is 0 Å². The first-order valence-electron chi connectivity index (χ1n) is 7.21. The van der Waals surface area contributed by atoms with Crippen LogP contribution in [0.1, 0.15) is 18.1 Å². The summed E-state index contributed by atoms with van der Waals surface area (Å²) in [5, 5.41) is 2.87. The van der Waals surface area contributed by atoms with Crippen molar-refractivity contribution >= 4 is 12.0 Å². The van der Waals surface area contributed by atoms with Crippen LogP contribution in [0.4, 0.5) is 0 Å². The number of aromatic nitrogens is 1. The maximum atomic E-state index is 11.8. The fourth-order valence-electron chi connectivity index (χ4n) is 1.91. The fraction of sp³-hybridized carbons (Fsp3) is 0.222. The van der Waals surface area contributed by atoms with Crippen molar-refractivity contribution in [1.82, 2.24) is 10.3 Å². The predicted octanol–water partition coefficient (Wildman–Crippen LogP) is 2.99. The van der Waals surface area contributed by atoms with Gasteiger partial charge in [0.2, 0.25) is 5.91 Å². The van der Waals surface area contributed by atoms with E-state index in [1.54, 1.807) is 18.5 Å². The van der Waals surface area contributed by atoms with Gasteiger partial charge in [-0.1, -0.05) is 12.1 Å². The lowest BCUT2D eigenvalue weighted by atomic mass is 10.2. The minimum absolute atomic E-state index is 0.0740. The van der Waals surface area contributed by atoms with Crippen LogP contribution in [-0.2, 0) is 4.79 Å². The molecular weight excluding hydrogens is 276 g/mol. The van der Waals surface area contributed by atoms with Crippen molar-refractivity contribution in [3.8, 4) is 5.75 Å². The van der Waals surface area contributed by atoms with Crippen LogP contribution in [0.5, 0.6) is 5.75 Å². The lowest BCUT2D eigenvalue weighted by Gasteiger charge is -2.14. The molecule has 0 bridgehead atoms. The van der Waals surface area contributed by atoms with Crippen molar-refractivity contribution in [1.29, 1.82) is 0 Å². The number of nitrogens with zero attached hydrogens (tertiary/aromatic N) is 1. The van der Waals surface area contributed by atoms with Gasteiger partial charge in [0.15, 0.2) is 0 Å². The lowest BCUT2D eigenvalue weighted by molar-refractivity contribution is -0.117. The molecule has 0 saturated carbocycles. The summed E-state index contributed by atoms with van der Waals surface area (Å²) in [6, 6.07) is 11.5. The SMILES string of the molecule is Cc1cccc(OCC(C)NC(=O)/C=C/c2ccncc2)c1. The molecule has 1 N–H and O–H groups in total. The second-order valence-corrected chi connectivity index (χ2v) is 5.15. The third-order valence-corrected chi connectivity index (χ3v) is 3.01. The summed E-state index contributed by atoms with van der Waals surface area (Å²) in [5.74, 6) is 0.672. The molecule has 1 heterocycles. The van der Waals surface area contributed by atoms with E-state index in [2.05, 4.69) is 10.3 Å². The molecule has 114 valence electrons. The van der Waals surface area contributed by atoms with E-state index < -0.39 is 0 Å². The van der Waals surface area contributed by atoms with E-state index >= 15 is 0 Å². The van der Waals surface area contributed by atoms with Gasteiger partial charge in [0.05, 0.1) is 6.04 Å². The molecule has 0 aliphatic carbocycles. The van der Waals surface area contributed by atoms with Gasteiger partial charge in [-0.2, -0.15) is 0 Å². The van der Waals surface area contributed by atoms with Gasteiger partial charge in [0.1, 0.15) is 12.4 Å². The number of pyridine rings is 1. The van der Waals surface area contributed by atoms with E-state index in [9.17, 15) is 4.79 Å². The summed E-state index contributed by atoms with van der Waals surface area (Å²) < 4.78 is 5.67. The molecule has 0 saturated heterocycles. The van der Waals surface area contributed by atoms with Crippen LogP contribution in [-0.4, -0.2) is 23.5 Å². The maximum absolute atomic E-state index is 11.8. The molecule has 2 aromatic rings. The first kappa shape index (κ1) is 15.8. The van der Waals surface area contributed by atoms with Crippen LogP contribution in [0, 0.1) is 6.92 Å². The Bertz CT molecular complexity index is 639. The number of ether oxygens (including phenoxy) is 1. The van der Waals surface area contributed by atoms with Crippen molar-refractivity contribution in [3.05, 3.63) is 66.0 Å². The van der Waals surface area contributed by atoms with Crippen molar-refractivity contribution < 1.29 is 9.53 Å². The molecule has 1 aromatic carbocycles. The van der Waals surface area contributed by atoms with E-state index in [1.165, 1.54) is 6.08 Å². The second kappa shape index (κ2) is 7.98. The highest BCUT2D eigenvalue weighted by Gasteiger charge is 2.05. The highest BCUT2D eigenvalue weighted by atomic mass is 16.5. The van der Waals surface area contributed by atoms with E-state index in [4.69, 9.17) is 4.74 Å². The summed E-state index contributed by atoms with van der Waals surface area (Å²) in [6.45, 7) is 4.36. The number of hydrogen-bond donors (Lipinski definition) is 1. The molecule has 1 atom stereocenters.